The Bertz CT molecular complexity index is 666. The highest BCUT2D eigenvalue weighted by Gasteiger charge is 2.15. The number of hydrogen-bond donors (Lipinski definition) is 3. The van der Waals surface area contributed by atoms with Crippen LogP contribution < -0.4 is 15.8 Å². The van der Waals surface area contributed by atoms with Gasteiger partial charge in [0.1, 0.15) is 10.6 Å². The topological polar surface area (TPSA) is 102 Å². The van der Waals surface area contributed by atoms with Crippen LogP contribution in [0.5, 0.6) is 5.75 Å². The van der Waals surface area contributed by atoms with Crippen LogP contribution in [0, 0.1) is 0 Å². The number of hydrogen-bond acceptors (Lipinski definition) is 5. The van der Waals surface area contributed by atoms with Crippen LogP contribution in [0.25, 0.3) is 0 Å². The summed E-state index contributed by atoms with van der Waals surface area (Å²) in [5.41, 5.74) is 6.34. The Kier molecular flexibility index (Phi) is 3.90. The molecule has 1 aromatic carbocycles. The lowest BCUT2D eigenvalue weighted by atomic mass is 10.1. The van der Waals surface area contributed by atoms with Crippen LogP contribution in [-0.4, -0.2) is 24.1 Å². The molecule has 0 aliphatic heterocycles. The highest BCUT2D eigenvalue weighted by molar-refractivity contribution is 7.12. The smallest absolute Gasteiger partial charge is 0.335 e. The molecule has 0 aliphatic carbocycles. The number of ether oxygens (including phenoxy) is 1. The third-order valence-corrected chi connectivity index (χ3v) is 3.50. The van der Waals surface area contributed by atoms with Crippen molar-refractivity contribution in [3.63, 3.8) is 0 Å². The fraction of sp³-hybridized carbons (Fsp3) is 0.0769. The van der Waals surface area contributed by atoms with Crippen molar-refractivity contribution in [1.29, 1.82) is 0 Å². The summed E-state index contributed by atoms with van der Waals surface area (Å²) in [5.74, 6) is -0.950. The molecule has 104 valence electrons. The van der Waals surface area contributed by atoms with Gasteiger partial charge < -0.3 is 20.9 Å². The maximum absolute atomic E-state index is 12.1. The number of methoxy groups -OCH3 is 1. The molecule has 0 aliphatic rings. The van der Waals surface area contributed by atoms with Gasteiger partial charge in [-0.1, -0.05) is 0 Å². The second-order valence-corrected chi connectivity index (χ2v) is 4.80. The summed E-state index contributed by atoms with van der Waals surface area (Å²) in [7, 11) is 1.48. The van der Waals surface area contributed by atoms with Gasteiger partial charge in [-0.3, -0.25) is 4.79 Å². The van der Waals surface area contributed by atoms with E-state index in [9.17, 15) is 9.59 Å². The van der Waals surface area contributed by atoms with Crippen LogP contribution >= 0.6 is 11.3 Å². The molecule has 7 heteroatoms. The van der Waals surface area contributed by atoms with Crippen molar-refractivity contribution < 1.29 is 19.4 Å². The SMILES string of the molecule is COc1ccsc1C(=O)Nc1ccc(C(=O)O)cc1N. The predicted octanol–water partition coefficient (Wildman–Crippen LogP) is 2.29. The van der Waals surface area contributed by atoms with Gasteiger partial charge in [0.15, 0.2) is 0 Å². The zero-order valence-corrected chi connectivity index (χ0v) is 11.4. The molecule has 0 radical (unpaired) electrons. The van der Waals surface area contributed by atoms with Gasteiger partial charge in [-0.05, 0) is 29.6 Å². The van der Waals surface area contributed by atoms with E-state index < -0.39 is 5.97 Å². The first-order valence-electron chi connectivity index (χ1n) is 5.58. The average Bonchev–Trinajstić information content (AvgIpc) is 2.89. The summed E-state index contributed by atoms with van der Waals surface area (Å²) in [6, 6.07) is 5.82. The summed E-state index contributed by atoms with van der Waals surface area (Å²) >= 11 is 1.24. The Morgan fingerprint density at radius 1 is 1.35 bits per heavy atom. The highest BCUT2D eigenvalue weighted by Crippen LogP contribution is 2.27. The van der Waals surface area contributed by atoms with E-state index >= 15 is 0 Å². The fourth-order valence-electron chi connectivity index (χ4n) is 1.61. The number of carboxylic acid groups (broad SMARTS) is 1. The number of amides is 1. The quantitative estimate of drug-likeness (QED) is 0.750. The van der Waals surface area contributed by atoms with Gasteiger partial charge in [-0.25, -0.2) is 4.79 Å². The number of carbonyl (C=O) groups is 2. The van der Waals surface area contributed by atoms with Crippen LogP contribution in [0.3, 0.4) is 0 Å². The summed E-state index contributed by atoms with van der Waals surface area (Å²) < 4.78 is 5.07. The first-order valence-corrected chi connectivity index (χ1v) is 6.46. The molecule has 1 heterocycles. The minimum atomic E-state index is -1.07. The monoisotopic (exact) mass is 292 g/mol. The Hall–Kier alpha value is -2.54. The zero-order chi connectivity index (χ0) is 14.7. The number of nitrogens with one attached hydrogen (secondary N) is 1. The number of carboxylic acids is 1. The molecule has 2 aromatic rings. The van der Waals surface area contributed by atoms with Crippen LogP contribution in [0.15, 0.2) is 29.6 Å². The third-order valence-electron chi connectivity index (χ3n) is 2.60. The fourth-order valence-corrected chi connectivity index (χ4v) is 2.37. The number of nitrogen functional groups attached to an aromatic ring is 1. The molecule has 0 saturated heterocycles. The van der Waals surface area contributed by atoms with E-state index in [1.165, 1.54) is 36.6 Å². The summed E-state index contributed by atoms with van der Waals surface area (Å²) in [6.07, 6.45) is 0. The van der Waals surface area contributed by atoms with Gasteiger partial charge in [0.25, 0.3) is 5.91 Å². The maximum Gasteiger partial charge on any atom is 0.335 e. The van der Waals surface area contributed by atoms with Crippen molar-refractivity contribution in [2.75, 3.05) is 18.2 Å². The molecule has 0 unspecified atom stereocenters. The van der Waals surface area contributed by atoms with E-state index in [0.29, 0.717) is 16.3 Å². The highest BCUT2D eigenvalue weighted by atomic mass is 32.1. The second-order valence-electron chi connectivity index (χ2n) is 3.88. The number of aromatic carboxylic acids is 1. The van der Waals surface area contributed by atoms with Crippen molar-refractivity contribution in [2.24, 2.45) is 0 Å². The van der Waals surface area contributed by atoms with Crippen molar-refractivity contribution in [3.05, 3.63) is 40.1 Å². The van der Waals surface area contributed by atoms with Gasteiger partial charge in [0.2, 0.25) is 0 Å². The molecule has 0 saturated carbocycles. The summed E-state index contributed by atoms with van der Waals surface area (Å²) in [6.45, 7) is 0. The Balaban J connectivity index is 2.22. The van der Waals surface area contributed by atoms with E-state index in [1.807, 2.05) is 0 Å². The Morgan fingerprint density at radius 3 is 2.70 bits per heavy atom. The Morgan fingerprint density at radius 2 is 2.10 bits per heavy atom. The van der Waals surface area contributed by atoms with Crippen LogP contribution in [0.4, 0.5) is 11.4 Å². The predicted molar refractivity (Wildman–Crippen MR) is 76.6 cm³/mol. The third kappa shape index (κ3) is 2.72. The van der Waals surface area contributed by atoms with Gasteiger partial charge in [0, 0.05) is 0 Å². The second kappa shape index (κ2) is 5.62. The number of nitrogens with two attached hydrogens (primary N) is 1. The van der Waals surface area contributed by atoms with Crippen molar-refractivity contribution in [3.8, 4) is 5.75 Å². The van der Waals surface area contributed by atoms with E-state index in [4.69, 9.17) is 15.6 Å². The van der Waals surface area contributed by atoms with E-state index in [0.717, 1.165) is 0 Å². The van der Waals surface area contributed by atoms with Crippen molar-refractivity contribution >= 4 is 34.6 Å². The number of benzene rings is 1. The molecular weight excluding hydrogens is 280 g/mol. The van der Waals surface area contributed by atoms with E-state index in [2.05, 4.69) is 5.32 Å². The van der Waals surface area contributed by atoms with Gasteiger partial charge in [-0.15, -0.1) is 11.3 Å². The molecule has 20 heavy (non-hydrogen) atoms. The van der Waals surface area contributed by atoms with Gasteiger partial charge in [0.05, 0.1) is 24.0 Å². The summed E-state index contributed by atoms with van der Waals surface area (Å²) in [5, 5.41) is 13.2. The van der Waals surface area contributed by atoms with E-state index in [1.54, 1.807) is 11.4 Å². The first-order chi connectivity index (χ1) is 9.52. The molecule has 0 fully saturated rings. The minimum absolute atomic E-state index is 0.0641. The minimum Gasteiger partial charge on any atom is -0.495 e. The van der Waals surface area contributed by atoms with Crippen LogP contribution in [-0.2, 0) is 0 Å². The Labute approximate surface area is 118 Å². The number of carbonyl (C=O) groups excluding carboxylic acids is 1. The number of thiophene rings is 1. The van der Waals surface area contributed by atoms with Crippen LogP contribution in [0.2, 0.25) is 0 Å². The summed E-state index contributed by atoms with van der Waals surface area (Å²) in [4.78, 5) is 23.3. The first kappa shape index (κ1) is 13.9. The van der Waals surface area contributed by atoms with E-state index in [-0.39, 0.29) is 17.2 Å². The lowest BCUT2D eigenvalue weighted by Crippen LogP contribution is -2.13. The molecular formula is C13H12N2O4S. The molecule has 0 spiro atoms. The largest absolute Gasteiger partial charge is 0.495 e. The van der Waals surface area contributed by atoms with Gasteiger partial charge in [-0.2, -0.15) is 0 Å². The normalized spacial score (nSPS) is 10.1. The lowest BCUT2D eigenvalue weighted by molar-refractivity contribution is 0.0697. The maximum atomic E-state index is 12.1. The molecule has 1 aromatic heterocycles. The lowest BCUT2D eigenvalue weighted by Gasteiger charge is -2.09. The molecule has 0 atom stereocenters. The number of rotatable bonds is 4. The van der Waals surface area contributed by atoms with Crippen molar-refractivity contribution in [1.82, 2.24) is 0 Å². The molecule has 6 nitrogen and oxygen atoms in total. The van der Waals surface area contributed by atoms with Gasteiger partial charge >= 0.3 is 5.97 Å². The average molecular weight is 292 g/mol. The number of anilines is 2. The standard InChI is InChI=1S/C13H12N2O4S/c1-19-10-4-5-20-11(10)12(16)15-9-3-2-7(13(17)18)6-8(9)14/h2-6H,14H2,1H3,(H,15,16)(H,17,18). The van der Waals surface area contributed by atoms with Crippen LogP contribution in [0.1, 0.15) is 20.0 Å². The molecule has 1 amide bonds. The molecule has 2 rings (SSSR count). The molecule has 4 N–H and O–H groups in total. The molecule has 0 bridgehead atoms. The zero-order valence-electron chi connectivity index (χ0n) is 10.5. The van der Waals surface area contributed by atoms with Crippen molar-refractivity contribution in [2.45, 2.75) is 0 Å².